The number of hydrogen-bond acceptors (Lipinski definition) is 7. The van der Waals surface area contributed by atoms with E-state index in [9.17, 15) is 15.8 Å². The van der Waals surface area contributed by atoms with E-state index in [1.807, 2.05) is 0 Å². The zero-order chi connectivity index (χ0) is 19.3. The van der Waals surface area contributed by atoms with Crippen LogP contribution in [0.4, 0.5) is 0 Å². The van der Waals surface area contributed by atoms with Crippen LogP contribution in [-0.2, 0) is 9.47 Å². The van der Waals surface area contributed by atoms with Crippen molar-refractivity contribution in [1.29, 1.82) is 21.2 Å². The number of hydrogen-bond donors (Lipinski definition) is 1. The molecule has 3 saturated heterocycles. The van der Waals surface area contributed by atoms with Crippen LogP contribution in [0.2, 0.25) is 0 Å². The number of ether oxygens (including phenoxy) is 3. The minimum atomic E-state index is -1.84. The number of nitrogens with one attached hydrogen (secondary N) is 1. The first-order chi connectivity index (χ1) is 13.0. The molecule has 27 heavy (non-hydrogen) atoms. The third kappa shape index (κ3) is 1.89. The van der Waals surface area contributed by atoms with Gasteiger partial charge in [0, 0.05) is 6.42 Å². The van der Waals surface area contributed by atoms with Crippen LogP contribution < -0.4 is 4.74 Å². The predicted octanol–water partition coefficient (Wildman–Crippen LogP) is 3.20. The summed E-state index contributed by atoms with van der Waals surface area (Å²) < 4.78 is 17.5. The lowest BCUT2D eigenvalue weighted by atomic mass is 9.48. The molecule has 3 heterocycles. The molecular weight excluding hydrogens is 344 g/mol. The molecule has 1 aliphatic carbocycles. The Morgan fingerprint density at radius 1 is 1.19 bits per heavy atom. The molecule has 1 aromatic carbocycles. The van der Waals surface area contributed by atoms with Crippen molar-refractivity contribution in [1.82, 2.24) is 0 Å². The van der Waals surface area contributed by atoms with E-state index in [0.717, 1.165) is 12.8 Å². The number of nitriles is 3. The Morgan fingerprint density at radius 2 is 1.96 bits per heavy atom. The maximum atomic E-state index is 10.2. The monoisotopic (exact) mass is 362 g/mol. The van der Waals surface area contributed by atoms with Gasteiger partial charge in [0.05, 0.1) is 31.2 Å². The van der Waals surface area contributed by atoms with Crippen molar-refractivity contribution < 1.29 is 14.2 Å². The van der Waals surface area contributed by atoms with Gasteiger partial charge in [-0.3, -0.25) is 5.41 Å². The van der Waals surface area contributed by atoms with Crippen LogP contribution in [0.15, 0.2) is 24.3 Å². The molecule has 1 spiro atoms. The Kier molecular flexibility index (Phi) is 3.67. The molecule has 5 rings (SSSR count). The van der Waals surface area contributed by atoms with E-state index in [4.69, 9.17) is 19.6 Å². The molecule has 0 aromatic heterocycles. The second kappa shape index (κ2) is 5.71. The van der Waals surface area contributed by atoms with E-state index in [1.54, 1.807) is 24.3 Å². The van der Waals surface area contributed by atoms with Crippen molar-refractivity contribution in [3.05, 3.63) is 29.8 Å². The lowest BCUT2D eigenvalue weighted by molar-refractivity contribution is -0.360. The predicted molar refractivity (Wildman–Crippen MR) is 92.0 cm³/mol. The molecular formula is C20H18N4O3. The third-order valence-electron chi connectivity index (χ3n) is 6.21. The molecule has 7 nitrogen and oxygen atoms in total. The van der Waals surface area contributed by atoms with Crippen molar-refractivity contribution in [2.45, 2.75) is 37.6 Å². The molecule has 1 N–H and O–H groups in total. The van der Waals surface area contributed by atoms with Crippen LogP contribution in [0.25, 0.3) is 0 Å². The van der Waals surface area contributed by atoms with Crippen molar-refractivity contribution in [3.63, 3.8) is 0 Å². The Labute approximate surface area is 157 Å². The normalized spacial score (nSPS) is 35.7. The summed E-state index contributed by atoms with van der Waals surface area (Å²) in [5.74, 6) is -1.60. The first-order valence-corrected chi connectivity index (χ1v) is 8.87. The molecule has 0 radical (unpaired) electrons. The summed E-state index contributed by atoms with van der Waals surface area (Å²) in [5, 5.41) is 39.0. The fourth-order valence-electron chi connectivity index (χ4n) is 4.95. The maximum absolute atomic E-state index is 10.2. The summed E-state index contributed by atoms with van der Waals surface area (Å²) in [6, 6.07) is 13.3. The summed E-state index contributed by atoms with van der Waals surface area (Å²) >= 11 is 0. The minimum Gasteiger partial charge on any atom is -0.497 e. The summed E-state index contributed by atoms with van der Waals surface area (Å²) in [4.78, 5) is 0. The molecule has 1 saturated carbocycles. The Morgan fingerprint density at radius 3 is 2.63 bits per heavy atom. The number of rotatable bonds is 2. The van der Waals surface area contributed by atoms with E-state index in [-0.39, 0.29) is 5.90 Å². The minimum absolute atomic E-state index is 0.356. The van der Waals surface area contributed by atoms with Gasteiger partial charge >= 0.3 is 0 Å². The molecule has 0 unspecified atom stereocenters. The molecule has 7 heteroatoms. The number of fused-ring (bicyclic) bond motifs is 2. The lowest BCUT2D eigenvalue weighted by Gasteiger charge is -2.63. The van der Waals surface area contributed by atoms with Crippen molar-refractivity contribution in [2.75, 3.05) is 7.11 Å². The molecule has 3 aliphatic heterocycles. The highest BCUT2D eigenvalue weighted by atomic mass is 16.7. The molecule has 0 amide bonds. The van der Waals surface area contributed by atoms with E-state index in [1.165, 1.54) is 7.11 Å². The molecule has 4 fully saturated rings. The van der Waals surface area contributed by atoms with E-state index in [0.29, 0.717) is 24.2 Å². The lowest BCUT2D eigenvalue weighted by Crippen LogP contribution is -2.73. The van der Waals surface area contributed by atoms with Crippen LogP contribution in [0.1, 0.15) is 37.4 Å². The van der Waals surface area contributed by atoms with Gasteiger partial charge in [-0.2, -0.15) is 15.8 Å². The third-order valence-corrected chi connectivity index (χ3v) is 6.21. The molecule has 1 aromatic rings. The van der Waals surface area contributed by atoms with Gasteiger partial charge in [-0.1, -0.05) is 18.6 Å². The van der Waals surface area contributed by atoms with Gasteiger partial charge in [-0.05, 0) is 30.5 Å². The van der Waals surface area contributed by atoms with E-state index >= 15 is 0 Å². The van der Waals surface area contributed by atoms with E-state index in [2.05, 4.69) is 18.2 Å². The van der Waals surface area contributed by atoms with Crippen LogP contribution in [0.5, 0.6) is 5.75 Å². The van der Waals surface area contributed by atoms with Gasteiger partial charge in [0.25, 0.3) is 0 Å². The molecule has 4 atom stereocenters. The average molecular weight is 362 g/mol. The highest BCUT2D eigenvalue weighted by Gasteiger charge is 2.80. The molecule has 4 aliphatic rings. The first-order valence-electron chi connectivity index (χ1n) is 8.87. The zero-order valence-corrected chi connectivity index (χ0v) is 14.9. The average Bonchev–Trinajstić information content (AvgIpc) is 2.72. The van der Waals surface area contributed by atoms with Crippen molar-refractivity contribution in [3.8, 4) is 24.0 Å². The van der Waals surface area contributed by atoms with Crippen LogP contribution in [0, 0.1) is 56.2 Å². The topological polar surface area (TPSA) is 123 Å². The molecule has 136 valence electrons. The zero-order valence-electron chi connectivity index (χ0n) is 14.9. The van der Waals surface area contributed by atoms with E-state index < -0.39 is 28.6 Å². The fraction of sp³-hybridized carbons (Fsp3) is 0.500. The summed E-state index contributed by atoms with van der Waals surface area (Å²) in [7, 11) is 1.53. The first kappa shape index (κ1) is 17.3. The second-order valence-corrected chi connectivity index (χ2v) is 7.27. The SMILES string of the molecule is COc1cccc([C@@H]2O[C@@]34CCCC[C@H]3C(C#N)(C#N)[C@@]2(C#N)C(=N)O4)c1. The highest BCUT2D eigenvalue weighted by Crippen LogP contribution is 2.69. The quantitative estimate of drug-likeness (QED) is 0.861. The van der Waals surface area contributed by atoms with Crippen LogP contribution >= 0.6 is 0 Å². The van der Waals surface area contributed by atoms with Gasteiger partial charge in [0.15, 0.2) is 10.8 Å². The number of methoxy groups -OCH3 is 1. The fourth-order valence-corrected chi connectivity index (χ4v) is 4.95. The number of nitrogens with zero attached hydrogens (tertiary/aromatic N) is 3. The Hall–Kier alpha value is -3.08. The Balaban J connectivity index is 2.00. The standard InChI is InChI=1S/C20H18N4O3/c1-25-14-6-4-5-13(9-14)16-19(12-23)17(24)27-20(26-16)8-3-2-7-15(20)18(19,10-21)11-22/h4-6,9,15-16,24H,2-3,7-8H2,1H3/t15-,16-,19+,20+/m0/s1. The van der Waals surface area contributed by atoms with Gasteiger partial charge in [0.2, 0.25) is 11.7 Å². The summed E-state index contributed by atoms with van der Waals surface area (Å²) in [6.45, 7) is 0. The number of benzene rings is 1. The largest absolute Gasteiger partial charge is 0.497 e. The Bertz CT molecular complexity index is 926. The van der Waals surface area contributed by atoms with Gasteiger partial charge in [-0.15, -0.1) is 0 Å². The molecule has 2 bridgehead atoms. The van der Waals surface area contributed by atoms with Crippen molar-refractivity contribution in [2.24, 2.45) is 16.7 Å². The maximum Gasteiger partial charge on any atom is 0.218 e. The van der Waals surface area contributed by atoms with Crippen LogP contribution in [0.3, 0.4) is 0 Å². The van der Waals surface area contributed by atoms with Crippen molar-refractivity contribution >= 4 is 5.90 Å². The second-order valence-electron chi connectivity index (χ2n) is 7.27. The van der Waals surface area contributed by atoms with Gasteiger partial charge < -0.3 is 14.2 Å². The van der Waals surface area contributed by atoms with Gasteiger partial charge in [0.1, 0.15) is 11.9 Å². The smallest absolute Gasteiger partial charge is 0.218 e. The summed E-state index contributed by atoms with van der Waals surface area (Å²) in [5.41, 5.74) is -2.97. The summed E-state index contributed by atoms with van der Waals surface area (Å²) in [6.07, 6.45) is 1.69. The van der Waals surface area contributed by atoms with Gasteiger partial charge in [-0.25, -0.2) is 0 Å². The van der Waals surface area contributed by atoms with Crippen LogP contribution in [-0.4, -0.2) is 18.8 Å². The highest BCUT2D eigenvalue weighted by molar-refractivity contribution is 5.89.